The molecule has 4 heteroatoms. The fourth-order valence-corrected chi connectivity index (χ4v) is 2.93. The van der Waals surface area contributed by atoms with Crippen LogP contribution in [0.5, 0.6) is 0 Å². The maximum absolute atomic E-state index is 11.0. The Hall–Kier alpha value is -1.55. The topological polar surface area (TPSA) is 58.6 Å². The zero-order valence-electron chi connectivity index (χ0n) is 12.8. The molecule has 1 aromatic carbocycles. The molecule has 20 heavy (non-hydrogen) atoms. The Morgan fingerprint density at radius 1 is 1.35 bits per heavy atom. The molecule has 1 heterocycles. The third kappa shape index (κ3) is 2.96. The molecule has 1 unspecified atom stereocenters. The summed E-state index contributed by atoms with van der Waals surface area (Å²) in [7, 11) is 0. The second-order valence-electron chi connectivity index (χ2n) is 6.70. The van der Waals surface area contributed by atoms with Crippen LogP contribution < -0.4 is 5.32 Å². The van der Waals surface area contributed by atoms with Gasteiger partial charge in [-0.25, -0.2) is 4.79 Å². The van der Waals surface area contributed by atoms with Gasteiger partial charge in [-0.2, -0.15) is 0 Å². The Morgan fingerprint density at radius 2 is 2.00 bits per heavy atom. The minimum atomic E-state index is -0.898. The molecule has 1 atom stereocenters. The highest BCUT2D eigenvalue weighted by molar-refractivity contribution is 5.88. The Balaban J connectivity index is 2.21. The molecule has 0 radical (unpaired) electrons. The van der Waals surface area contributed by atoms with E-state index in [0.717, 1.165) is 17.7 Å². The van der Waals surface area contributed by atoms with Crippen molar-refractivity contribution in [2.75, 3.05) is 5.32 Å². The van der Waals surface area contributed by atoms with Crippen molar-refractivity contribution in [1.29, 1.82) is 0 Å². The highest BCUT2D eigenvalue weighted by Crippen LogP contribution is 2.39. The van der Waals surface area contributed by atoms with E-state index in [2.05, 4.69) is 33.0 Å². The largest absolute Gasteiger partial charge is 0.478 e. The van der Waals surface area contributed by atoms with Gasteiger partial charge in [-0.05, 0) is 64.8 Å². The summed E-state index contributed by atoms with van der Waals surface area (Å²) in [5, 5.41) is 12.5. The number of anilines is 1. The van der Waals surface area contributed by atoms with Gasteiger partial charge in [0.2, 0.25) is 0 Å². The van der Waals surface area contributed by atoms with Crippen molar-refractivity contribution in [2.45, 2.75) is 58.3 Å². The zero-order valence-corrected chi connectivity index (χ0v) is 12.8. The van der Waals surface area contributed by atoms with Gasteiger partial charge in [0.15, 0.2) is 0 Å². The molecule has 1 aliphatic heterocycles. The van der Waals surface area contributed by atoms with Gasteiger partial charge in [0.05, 0.1) is 22.8 Å². The summed E-state index contributed by atoms with van der Waals surface area (Å²) in [5.74, 6) is -0.898. The average Bonchev–Trinajstić information content (AvgIpc) is 2.49. The Labute approximate surface area is 120 Å². The van der Waals surface area contributed by atoms with Crippen LogP contribution in [0.4, 0.5) is 5.69 Å². The molecule has 0 aromatic heterocycles. The number of carboxylic acids is 1. The predicted molar refractivity (Wildman–Crippen MR) is 79.4 cm³/mol. The lowest BCUT2D eigenvalue weighted by atomic mass is 9.94. The van der Waals surface area contributed by atoms with Gasteiger partial charge in [-0.15, -0.1) is 0 Å². The van der Waals surface area contributed by atoms with E-state index in [1.54, 1.807) is 12.1 Å². The van der Waals surface area contributed by atoms with Crippen LogP contribution in [0.1, 0.15) is 50.0 Å². The molecule has 2 N–H and O–H groups in total. The molecule has 1 aromatic rings. The quantitative estimate of drug-likeness (QED) is 0.888. The molecule has 1 fully saturated rings. The standard InChI is InChI=1S/C16H23NO3/c1-10-8-11(14(18)19)6-7-12(10)17-13-9-15(2,3)20-16(13,4)5/h6-8,13,17H,9H2,1-5H3,(H,18,19). The van der Waals surface area contributed by atoms with E-state index in [-0.39, 0.29) is 17.2 Å². The molecular formula is C16H23NO3. The lowest BCUT2D eigenvalue weighted by Crippen LogP contribution is -2.38. The number of hydrogen-bond acceptors (Lipinski definition) is 3. The summed E-state index contributed by atoms with van der Waals surface area (Å²) in [6, 6.07) is 5.36. The summed E-state index contributed by atoms with van der Waals surface area (Å²) in [5.41, 5.74) is 1.83. The molecular weight excluding hydrogens is 254 g/mol. The van der Waals surface area contributed by atoms with Crippen LogP contribution in [0.2, 0.25) is 0 Å². The lowest BCUT2D eigenvalue weighted by molar-refractivity contribution is -0.0662. The second kappa shape index (κ2) is 4.77. The van der Waals surface area contributed by atoms with Crippen molar-refractivity contribution in [2.24, 2.45) is 0 Å². The summed E-state index contributed by atoms with van der Waals surface area (Å²) in [6.45, 7) is 10.3. The molecule has 1 saturated heterocycles. The Morgan fingerprint density at radius 3 is 2.45 bits per heavy atom. The SMILES string of the molecule is Cc1cc(C(=O)O)ccc1NC1CC(C)(C)OC1(C)C. The number of carbonyl (C=O) groups is 1. The molecule has 0 aliphatic carbocycles. The number of aromatic carboxylic acids is 1. The number of ether oxygens (including phenoxy) is 1. The first-order valence-corrected chi connectivity index (χ1v) is 6.91. The normalized spacial score (nSPS) is 23.6. The molecule has 0 spiro atoms. The van der Waals surface area contributed by atoms with Gasteiger partial charge in [0.25, 0.3) is 0 Å². The number of carboxylic acid groups (broad SMARTS) is 1. The van der Waals surface area contributed by atoms with Crippen molar-refractivity contribution in [3.8, 4) is 0 Å². The van der Waals surface area contributed by atoms with Crippen LogP contribution >= 0.6 is 0 Å². The van der Waals surface area contributed by atoms with Crippen molar-refractivity contribution in [3.05, 3.63) is 29.3 Å². The number of aryl methyl sites for hydroxylation is 1. The maximum Gasteiger partial charge on any atom is 0.335 e. The minimum absolute atomic E-state index is 0.143. The first-order valence-electron chi connectivity index (χ1n) is 6.91. The number of nitrogens with one attached hydrogen (secondary N) is 1. The third-order valence-electron chi connectivity index (χ3n) is 3.88. The van der Waals surface area contributed by atoms with Crippen LogP contribution in [0.25, 0.3) is 0 Å². The highest BCUT2D eigenvalue weighted by Gasteiger charge is 2.45. The predicted octanol–water partition coefficient (Wildman–Crippen LogP) is 3.45. The van der Waals surface area contributed by atoms with Gasteiger partial charge in [0, 0.05) is 5.69 Å². The van der Waals surface area contributed by atoms with E-state index in [4.69, 9.17) is 9.84 Å². The van der Waals surface area contributed by atoms with Crippen LogP contribution in [-0.2, 0) is 4.74 Å². The number of hydrogen-bond donors (Lipinski definition) is 2. The van der Waals surface area contributed by atoms with Gasteiger partial charge in [-0.1, -0.05) is 0 Å². The number of rotatable bonds is 3. The van der Waals surface area contributed by atoms with Crippen molar-refractivity contribution < 1.29 is 14.6 Å². The summed E-state index contributed by atoms with van der Waals surface area (Å²) in [6.07, 6.45) is 0.917. The molecule has 4 nitrogen and oxygen atoms in total. The summed E-state index contributed by atoms with van der Waals surface area (Å²) in [4.78, 5) is 11.0. The van der Waals surface area contributed by atoms with Crippen molar-refractivity contribution in [3.63, 3.8) is 0 Å². The summed E-state index contributed by atoms with van der Waals surface area (Å²) >= 11 is 0. The van der Waals surface area contributed by atoms with E-state index < -0.39 is 5.97 Å². The number of benzene rings is 1. The zero-order chi connectivity index (χ0) is 15.1. The first-order chi connectivity index (χ1) is 9.11. The van der Waals surface area contributed by atoms with Crippen LogP contribution in [0.3, 0.4) is 0 Å². The van der Waals surface area contributed by atoms with Gasteiger partial charge < -0.3 is 15.2 Å². The van der Waals surface area contributed by atoms with Gasteiger partial charge >= 0.3 is 5.97 Å². The molecule has 0 saturated carbocycles. The Bertz CT molecular complexity index is 535. The lowest BCUT2D eigenvalue weighted by Gasteiger charge is -2.28. The van der Waals surface area contributed by atoms with Crippen LogP contribution in [0, 0.1) is 6.92 Å². The maximum atomic E-state index is 11.0. The summed E-state index contributed by atoms with van der Waals surface area (Å²) < 4.78 is 6.07. The first kappa shape index (κ1) is 14.9. The van der Waals surface area contributed by atoms with Crippen LogP contribution in [-0.4, -0.2) is 28.3 Å². The Kier molecular flexibility index (Phi) is 3.54. The van der Waals surface area contributed by atoms with Gasteiger partial charge in [-0.3, -0.25) is 0 Å². The smallest absolute Gasteiger partial charge is 0.335 e. The monoisotopic (exact) mass is 277 g/mol. The molecule has 0 bridgehead atoms. The second-order valence-corrected chi connectivity index (χ2v) is 6.70. The molecule has 0 amide bonds. The minimum Gasteiger partial charge on any atom is -0.478 e. The molecule has 110 valence electrons. The van der Waals surface area contributed by atoms with E-state index >= 15 is 0 Å². The molecule has 1 aliphatic rings. The average molecular weight is 277 g/mol. The van der Waals surface area contributed by atoms with E-state index in [1.165, 1.54) is 0 Å². The fourth-order valence-electron chi connectivity index (χ4n) is 2.93. The van der Waals surface area contributed by atoms with Gasteiger partial charge in [0.1, 0.15) is 0 Å². The van der Waals surface area contributed by atoms with E-state index in [1.807, 2.05) is 13.0 Å². The molecule has 2 rings (SSSR count). The highest BCUT2D eigenvalue weighted by atomic mass is 16.5. The van der Waals surface area contributed by atoms with Crippen molar-refractivity contribution in [1.82, 2.24) is 0 Å². The van der Waals surface area contributed by atoms with Crippen LogP contribution in [0.15, 0.2) is 18.2 Å². The fraction of sp³-hybridized carbons (Fsp3) is 0.562. The van der Waals surface area contributed by atoms with E-state index in [0.29, 0.717) is 5.56 Å². The van der Waals surface area contributed by atoms with Crippen molar-refractivity contribution >= 4 is 11.7 Å². The van der Waals surface area contributed by atoms with E-state index in [9.17, 15) is 4.79 Å². The third-order valence-corrected chi connectivity index (χ3v) is 3.88.